The van der Waals surface area contributed by atoms with Gasteiger partial charge in [0.25, 0.3) is 0 Å². The lowest BCUT2D eigenvalue weighted by Gasteiger charge is -2.09. The Hall–Kier alpha value is -1.53. The summed E-state index contributed by atoms with van der Waals surface area (Å²) in [6.45, 7) is 0. The summed E-state index contributed by atoms with van der Waals surface area (Å²) in [5.41, 5.74) is 0. The lowest BCUT2D eigenvalue weighted by atomic mass is 10.9. The second-order valence-corrected chi connectivity index (χ2v) is 1.49. The lowest BCUT2D eigenvalue weighted by Crippen LogP contribution is -2.31. The third-order valence-corrected chi connectivity index (χ3v) is 0.799. The molecular weight excluding hydrogens is 140 g/mol. The molecule has 0 aliphatic heterocycles. The number of hydrogen-bond acceptors (Lipinski definition) is 5. The van der Waals surface area contributed by atoms with E-state index >= 15 is 0 Å². The Bertz CT molecular complexity index is 142. The van der Waals surface area contributed by atoms with E-state index < -0.39 is 6.03 Å². The molecule has 0 unspecified atom stereocenters. The normalized spacial score (nSPS) is 8.20. The highest BCUT2D eigenvalue weighted by atomic mass is 16.3. The summed E-state index contributed by atoms with van der Waals surface area (Å²) >= 11 is 0. The number of nitroso groups, excluding NO2 is 2. The second kappa shape index (κ2) is 3.49. The third-order valence-electron chi connectivity index (χ3n) is 0.799. The highest BCUT2D eigenvalue weighted by Gasteiger charge is 2.13. The molecule has 0 saturated carbocycles. The molecule has 0 atom stereocenters. The summed E-state index contributed by atoms with van der Waals surface area (Å²) in [7, 11) is 2.24. The van der Waals surface area contributed by atoms with Crippen molar-refractivity contribution in [1.29, 1.82) is 0 Å². The number of amides is 2. The molecule has 10 heavy (non-hydrogen) atoms. The first-order valence-electron chi connectivity index (χ1n) is 2.31. The van der Waals surface area contributed by atoms with E-state index in [0.29, 0.717) is 10.0 Å². The van der Waals surface area contributed by atoms with E-state index in [-0.39, 0.29) is 0 Å². The van der Waals surface area contributed by atoms with Crippen LogP contribution in [0.5, 0.6) is 0 Å². The molecule has 7 nitrogen and oxygen atoms in total. The SMILES string of the molecule is CN(N=O)C(=O)N(C)N=O. The van der Waals surface area contributed by atoms with Gasteiger partial charge in [0.05, 0.1) is 10.6 Å². The van der Waals surface area contributed by atoms with Crippen LogP contribution >= 0.6 is 0 Å². The van der Waals surface area contributed by atoms with Gasteiger partial charge in [-0.1, -0.05) is 0 Å². The number of carbonyl (C=O) groups is 1. The maximum absolute atomic E-state index is 10.6. The summed E-state index contributed by atoms with van der Waals surface area (Å²) in [5, 5.41) is 5.42. The Morgan fingerprint density at radius 2 is 1.40 bits per heavy atom. The zero-order chi connectivity index (χ0) is 8.15. The molecule has 0 aliphatic rings. The fourth-order valence-electron chi connectivity index (χ4n) is 0.279. The van der Waals surface area contributed by atoms with Gasteiger partial charge >= 0.3 is 6.03 Å². The van der Waals surface area contributed by atoms with E-state index in [1.165, 1.54) is 0 Å². The molecule has 0 rings (SSSR count). The van der Waals surface area contributed by atoms with Crippen LogP contribution in [0.4, 0.5) is 4.79 Å². The molecule has 0 heterocycles. The van der Waals surface area contributed by atoms with E-state index in [0.717, 1.165) is 14.1 Å². The molecule has 0 saturated heterocycles. The van der Waals surface area contributed by atoms with Gasteiger partial charge in [0, 0.05) is 14.1 Å². The predicted molar refractivity (Wildman–Crippen MR) is 32.5 cm³/mol. The highest BCUT2D eigenvalue weighted by Crippen LogP contribution is 1.92. The standard InChI is InChI=1S/C3H6N4O3/c1-6(4-9)3(8)7(2)5-10/h1-2H3. The molecule has 0 aromatic heterocycles. The van der Waals surface area contributed by atoms with Crippen LogP contribution in [0, 0.1) is 9.81 Å². The zero-order valence-corrected chi connectivity index (χ0v) is 5.51. The minimum atomic E-state index is -0.870. The van der Waals surface area contributed by atoms with E-state index in [2.05, 4.69) is 10.6 Å². The van der Waals surface area contributed by atoms with E-state index in [9.17, 15) is 14.6 Å². The molecule has 56 valence electrons. The van der Waals surface area contributed by atoms with Crippen molar-refractivity contribution in [3.8, 4) is 0 Å². The summed E-state index contributed by atoms with van der Waals surface area (Å²) in [5.74, 6) is 0. The summed E-state index contributed by atoms with van der Waals surface area (Å²) < 4.78 is 0. The van der Waals surface area contributed by atoms with Crippen molar-refractivity contribution in [2.75, 3.05) is 14.1 Å². The van der Waals surface area contributed by atoms with Crippen LogP contribution in [-0.2, 0) is 0 Å². The molecule has 0 spiro atoms. The van der Waals surface area contributed by atoms with Gasteiger partial charge in [-0.15, -0.1) is 9.81 Å². The van der Waals surface area contributed by atoms with Crippen molar-refractivity contribution in [2.24, 2.45) is 10.6 Å². The maximum Gasteiger partial charge on any atom is 0.365 e. The first-order valence-corrected chi connectivity index (χ1v) is 2.31. The van der Waals surface area contributed by atoms with Gasteiger partial charge in [-0.25, -0.2) is 4.79 Å². The van der Waals surface area contributed by atoms with Crippen LogP contribution in [0.2, 0.25) is 0 Å². The Kier molecular flexibility index (Phi) is 2.95. The van der Waals surface area contributed by atoms with Crippen molar-refractivity contribution in [2.45, 2.75) is 0 Å². The second-order valence-electron chi connectivity index (χ2n) is 1.49. The molecular formula is C3H6N4O3. The fraction of sp³-hybridized carbons (Fsp3) is 0.667. The first-order chi connectivity index (χ1) is 4.63. The molecule has 0 N–H and O–H groups in total. The smallest absolute Gasteiger partial charge is 0.244 e. The number of rotatable bonds is 2. The summed E-state index contributed by atoms with van der Waals surface area (Å²) in [4.78, 5) is 29.9. The van der Waals surface area contributed by atoms with Crippen LogP contribution < -0.4 is 0 Å². The van der Waals surface area contributed by atoms with Crippen LogP contribution in [0.3, 0.4) is 0 Å². The Balaban J connectivity index is 4.06. The fourth-order valence-corrected chi connectivity index (χ4v) is 0.279. The van der Waals surface area contributed by atoms with Gasteiger partial charge in [0.1, 0.15) is 0 Å². The topological polar surface area (TPSA) is 82.4 Å². The lowest BCUT2D eigenvalue weighted by molar-refractivity contribution is 0.175. The first kappa shape index (κ1) is 8.47. The number of carbonyl (C=O) groups excluding carboxylic acids is 1. The quantitative estimate of drug-likeness (QED) is 0.415. The Morgan fingerprint density at radius 1 is 1.10 bits per heavy atom. The average molecular weight is 146 g/mol. The van der Waals surface area contributed by atoms with Crippen LogP contribution in [0.25, 0.3) is 0 Å². The van der Waals surface area contributed by atoms with Gasteiger partial charge in [0.15, 0.2) is 0 Å². The molecule has 2 amide bonds. The molecule has 0 fully saturated rings. The van der Waals surface area contributed by atoms with E-state index in [1.54, 1.807) is 0 Å². The number of hydrogen-bond donors (Lipinski definition) is 0. The van der Waals surface area contributed by atoms with Crippen molar-refractivity contribution in [3.05, 3.63) is 9.81 Å². The maximum atomic E-state index is 10.6. The van der Waals surface area contributed by atoms with E-state index in [4.69, 9.17) is 0 Å². The van der Waals surface area contributed by atoms with Crippen molar-refractivity contribution in [1.82, 2.24) is 10.0 Å². The molecule has 0 aromatic rings. The third kappa shape index (κ3) is 1.77. The summed E-state index contributed by atoms with van der Waals surface area (Å²) in [6, 6.07) is -0.870. The highest BCUT2D eigenvalue weighted by molar-refractivity contribution is 5.72. The molecule has 0 aromatic carbocycles. The molecule has 0 bridgehead atoms. The Labute approximate surface area is 56.5 Å². The van der Waals surface area contributed by atoms with Crippen molar-refractivity contribution < 1.29 is 4.79 Å². The van der Waals surface area contributed by atoms with Gasteiger partial charge in [-0.3, -0.25) is 0 Å². The minimum Gasteiger partial charge on any atom is -0.244 e. The average Bonchev–Trinajstić information content (AvgIpc) is 2.00. The largest absolute Gasteiger partial charge is 0.365 e. The molecule has 7 heteroatoms. The summed E-state index contributed by atoms with van der Waals surface area (Å²) in [6.07, 6.45) is 0. The zero-order valence-electron chi connectivity index (χ0n) is 5.51. The molecule has 0 aliphatic carbocycles. The molecule has 0 radical (unpaired) electrons. The van der Waals surface area contributed by atoms with Gasteiger partial charge in [0.2, 0.25) is 0 Å². The number of nitrogens with zero attached hydrogens (tertiary/aromatic N) is 4. The number of urea groups is 1. The van der Waals surface area contributed by atoms with Crippen LogP contribution in [0.1, 0.15) is 0 Å². The van der Waals surface area contributed by atoms with Crippen molar-refractivity contribution >= 4 is 6.03 Å². The van der Waals surface area contributed by atoms with Crippen LogP contribution in [-0.4, -0.2) is 30.1 Å². The van der Waals surface area contributed by atoms with Gasteiger partial charge in [-0.2, -0.15) is 10.0 Å². The van der Waals surface area contributed by atoms with E-state index in [1.807, 2.05) is 0 Å². The predicted octanol–water partition coefficient (Wildman–Crippen LogP) is 0.333. The van der Waals surface area contributed by atoms with Crippen LogP contribution in [0.15, 0.2) is 10.6 Å². The van der Waals surface area contributed by atoms with Gasteiger partial charge < -0.3 is 0 Å². The minimum absolute atomic E-state index is 0.460. The monoisotopic (exact) mass is 146 g/mol. The van der Waals surface area contributed by atoms with Crippen molar-refractivity contribution in [3.63, 3.8) is 0 Å². The Morgan fingerprint density at radius 3 is 1.60 bits per heavy atom. The van der Waals surface area contributed by atoms with Gasteiger partial charge in [-0.05, 0) is 0 Å².